The molecular formula is C25H35ClN2O5S. The number of rotatable bonds is 8. The molecule has 0 radical (unpaired) electrons. The lowest BCUT2D eigenvalue weighted by molar-refractivity contribution is -0.205. The van der Waals surface area contributed by atoms with Gasteiger partial charge in [0.25, 0.3) is 0 Å². The largest absolute Gasteiger partial charge is 0.388 e. The van der Waals surface area contributed by atoms with Crippen LogP contribution in [0.3, 0.4) is 0 Å². The van der Waals surface area contributed by atoms with E-state index in [-0.39, 0.29) is 5.91 Å². The number of thioether (sulfide) groups is 1. The topological polar surface area (TPSA) is 111 Å². The normalized spacial score (nSPS) is 32.0. The summed E-state index contributed by atoms with van der Waals surface area (Å²) in [5.41, 5.74) is 1.69. The van der Waals surface area contributed by atoms with Crippen molar-refractivity contribution in [2.75, 3.05) is 12.8 Å². The SMILES string of the molecule is CSC1O[C@H]([C@H](NC(=O)[C@@H]2CC=C(/C=C/Cc3ccccc3)CCN2)[C@H](C)Cl)[C@@H](O)C(O)[C@H]1O. The molecule has 1 aromatic carbocycles. The minimum atomic E-state index is -1.39. The molecule has 1 aromatic rings. The molecule has 0 aromatic heterocycles. The molecule has 2 heterocycles. The Bertz CT molecular complexity index is 851. The van der Waals surface area contributed by atoms with Gasteiger partial charge in [-0.1, -0.05) is 54.1 Å². The Morgan fingerprint density at radius 2 is 2.00 bits per heavy atom. The quantitative estimate of drug-likeness (QED) is 0.339. The van der Waals surface area contributed by atoms with Crippen molar-refractivity contribution in [3.05, 3.63) is 59.7 Å². The van der Waals surface area contributed by atoms with Crippen molar-refractivity contribution in [3.8, 4) is 0 Å². The summed E-state index contributed by atoms with van der Waals surface area (Å²) in [5.74, 6) is -0.250. The van der Waals surface area contributed by atoms with E-state index in [0.29, 0.717) is 13.0 Å². The number of allylic oxidation sites excluding steroid dienone is 2. The fourth-order valence-electron chi connectivity index (χ4n) is 4.25. The maximum atomic E-state index is 13.1. The number of nitrogens with one attached hydrogen (secondary N) is 2. The summed E-state index contributed by atoms with van der Waals surface area (Å²) in [6, 6.07) is 9.04. The molecule has 188 valence electrons. The van der Waals surface area contributed by atoms with Crippen LogP contribution in [0.25, 0.3) is 0 Å². The standard InChI is InChI=1S/C25H35ClN2O5S/c1-15(26)19(23-21(30)20(29)22(31)25(33-23)34-2)28-24(32)18-12-11-17(13-14-27-18)10-6-9-16-7-4-3-5-8-16/h3-8,10-11,15,18-23,25,27,29-31H,9,12-14H2,1-2H3,(H,28,32)/b10-6+/t15-,18-,19+,20?,21-,22+,23+,25?/m0/s1. The lowest BCUT2D eigenvalue weighted by Crippen LogP contribution is -2.65. The lowest BCUT2D eigenvalue weighted by Gasteiger charge is -2.44. The summed E-state index contributed by atoms with van der Waals surface area (Å²) in [7, 11) is 0. The minimum Gasteiger partial charge on any atom is -0.388 e. The molecule has 7 nitrogen and oxygen atoms in total. The molecule has 8 atom stereocenters. The molecule has 34 heavy (non-hydrogen) atoms. The summed E-state index contributed by atoms with van der Waals surface area (Å²) in [5, 5.41) is 36.5. The van der Waals surface area contributed by atoms with E-state index in [9.17, 15) is 20.1 Å². The fraction of sp³-hybridized carbons (Fsp3) is 0.560. The third-order valence-corrected chi connectivity index (χ3v) is 7.39. The van der Waals surface area contributed by atoms with Gasteiger partial charge in [0.05, 0.1) is 17.5 Å². The van der Waals surface area contributed by atoms with Crippen molar-refractivity contribution in [2.45, 2.75) is 73.5 Å². The maximum absolute atomic E-state index is 13.1. The van der Waals surface area contributed by atoms with E-state index >= 15 is 0 Å². The molecule has 2 unspecified atom stereocenters. The highest BCUT2D eigenvalue weighted by atomic mass is 35.5. The van der Waals surface area contributed by atoms with E-state index in [1.165, 1.54) is 22.9 Å². The molecule has 2 aliphatic rings. The van der Waals surface area contributed by atoms with E-state index in [2.05, 4.69) is 41.0 Å². The van der Waals surface area contributed by atoms with Gasteiger partial charge in [-0.15, -0.1) is 23.4 Å². The Morgan fingerprint density at radius 3 is 2.68 bits per heavy atom. The number of alkyl halides is 1. The fourth-order valence-corrected chi connectivity index (χ4v) is 5.13. The number of ether oxygens (including phenoxy) is 1. The molecule has 9 heteroatoms. The summed E-state index contributed by atoms with van der Waals surface area (Å²) >= 11 is 7.59. The zero-order valence-corrected chi connectivity index (χ0v) is 21.1. The minimum absolute atomic E-state index is 0.250. The summed E-state index contributed by atoms with van der Waals surface area (Å²) in [6.45, 7) is 2.35. The van der Waals surface area contributed by atoms with Crippen LogP contribution in [0.1, 0.15) is 25.3 Å². The molecular weight excluding hydrogens is 476 g/mol. The van der Waals surface area contributed by atoms with Crippen LogP contribution in [0.15, 0.2) is 54.1 Å². The number of carbonyl (C=O) groups excluding carboxylic acids is 1. The van der Waals surface area contributed by atoms with Crippen molar-refractivity contribution in [1.29, 1.82) is 0 Å². The van der Waals surface area contributed by atoms with Gasteiger partial charge in [-0.05, 0) is 44.6 Å². The van der Waals surface area contributed by atoms with Crippen LogP contribution in [-0.2, 0) is 16.0 Å². The predicted molar refractivity (Wildman–Crippen MR) is 136 cm³/mol. The number of aliphatic hydroxyl groups excluding tert-OH is 3. The van der Waals surface area contributed by atoms with Gasteiger partial charge in [0, 0.05) is 0 Å². The summed E-state index contributed by atoms with van der Waals surface area (Å²) in [6.07, 6.45) is 5.28. The number of aliphatic hydroxyl groups is 3. The molecule has 1 fully saturated rings. The first-order valence-electron chi connectivity index (χ1n) is 11.6. The molecule has 1 saturated heterocycles. The van der Waals surface area contributed by atoms with Crippen molar-refractivity contribution in [2.24, 2.45) is 0 Å². The van der Waals surface area contributed by atoms with E-state index < -0.39 is 47.3 Å². The van der Waals surface area contributed by atoms with Gasteiger partial charge >= 0.3 is 0 Å². The first kappa shape index (κ1) is 27.2. The van der Waals surface area contributed by atoms with Crippen LogP contribution in [0, 0.1) is 0 Å². The maximum Gasteiger partial charge on any atom is 0.237 e. The van der Waals surface area contributed by atoms with Gasteiger partial charge in [0.2, 0.25) is 5.91 Å². The number of benzene rings is 1. The molecule has 2 aliphatic heterocycles. The molecule has 5 N–H and O–H groups in total. The molecule has 0 spiro atoms. The second-order valence-corrected chi connectivity index (χ2v) is 10.4. The monoisotopic (exact) mass is 510 g/mol. The number of hydrogen-bond donors (Lipinski definition) is 5. The molecule has 3 rings (SSSR count). The molecule has 0 aliphatic carbocycles. The highest BCUT2D eigenvalue weighted by Gasteiger charge is 2.48. The average molecular weight is 511 g/mol. The van der Waals surface area contributed by atoms with Crippen molar-refractivity contribution in [1.82, 2.24) is 10.6 Å². The number of hydrogen-bond acceptors (Lipinski definition) is 7. The van der Waals surface area contributed by atoms with Crippen molar-refractivity contribution in [3.63, 3.8) is 0 Å². The van der Waals surface area contributed by atoms with Gasteiger partial charge in [-0.3, -0.25) is 4.79 Å². The lowest BCUT2D eigenvalue weighted by atomic mass is 9.93. The highest BCUT2D eigenvalue weighted by Crippen LogP contribution is 2.30. The van der Waals surface area contributed by atoms with Crippen LogP contribution in [-0.4, -0.2) is 81.3 Å². The van der Waals surface area contributed by atoms with Crippen molar-refractivity contribution >= 4 is 29.3 Å². The zero-order chi connectivity index (χ0) is 24.7. The van der Waals surface area contributed by atoms with Gasteiger partial charge in [0.15, 0.2) is 0 Å². The average Bonchev–Trinajstić information content (AvgIpc) is 3.08. The Kier molecular flexibility index (Phi) is 10.5. The molecule has 1 amide bonds. The van der Waals surface area contributed by atoms with E-state index in [1.54, 1.807) is 13.2 Å². The Morgan fingerprint density at radius 1 is 1.26 bits per heavy atom. The summed E-state index contributed by atoms with van der Waals surface area (Å²) < 4.78 is 5.83. The van der Waals surface area contributed by atoms with Gasteiger partial charge in [-0.25, -0.2) is 0 Å². The van der Waals surface area contributed by atoms with E-state index in [0.717, 1.165) is 12.8 Å². The Labute approximate surface area is 210 Å². The zero-order valence-electron chi connectivity index (χ0n) is 19.5. The second kappa shape index (κ2) is 13.1. The third kappa shape index (κ3) is 7.07. The van der Waals surface area contributed by atoms with Crippen molar-refractivity contribution < 1.29 is 24.9 Å². The first-order chi connectivity index (χ1) is 16.3. The van der Waals surface area contributed by atoms with E-state index in [1.807, 2.05) is 18.2 Å². The number of amides is 1. The predicted octanol–water partition coefficient (Wildman–Crippen LogP) is 1.75. The molecule has 0 saturated carbocycles. The Hall–Kier alpha value is -1.39. The third-order valence-electron chi connectivity index (χ3n) is 6.26. The van der Waals surface area contributed by atoms with Gasteiger partial charge in [0.1, 0.15) is 29.9 Å². The van der Waals surface area contributed by atoms with Crippen LogP contribution in [0.4, 0.5) is 0 Å². The van der Waals surface area contributed by atoms with Gasteiger partial charge < -0.3 is 30.7 Å². The summed E-state index contributed by atoms with van der Waals surface area (Å²) in [4.78, 5) is 13.1. The highest BCUT2D eigenvalue weighted by molar-refractivity contribution is 7.99. The number of carbonyl (C=O) groups is 1. The van der Waals surface area contributed by atoms with E-state index in [4.69, 9.17) is 16.3 Å². The van der Waals surface area contributed by atoms with Crippen LogP contribution in [0.2, 0.25) is 0 Å². The first-order valence-corrected chi connectivity index (χ1v) is 13.3. The van der Waals surface area contributed by atoms with Gasteiger partial charge in [-0.2, -0.15) is 0 Å². The Balaban J connectivity index is 1.61. The second-order valence-electron chi connectivity index (χ2n) is 8.75. The smallest absolute Gasteiger partial charge is 0.237 e. The van der Waals surface area contributed by atoms with Crippen LogP contribution in [0.5, 0.6) is 0 Å². The number of halogens is 1. The van der Waals surface area contributed by atoms with Crippen LogP contribution >= 0.6 is 23.4 Å². The molecule has 0 bridgehead atoms. The van der Waals surface area contributed by atoms with Crippen LogP contribution < -0.4 is 10.6 Å².